The Hall–Kier alpha value is -0.970. The molecule has 1 unspecified atom stereocenters. The molecule has 2 N–H and O–H groups in total. The van der Waals surface area contributed by atoms with Gasteiger partial charge in [0.05, 0.1) is 0 Å². The maximum absolute atomic E-state index is 4.41. The Morgan fingerprint density at radius 3 is 2.76 bits per heavy atom. The van der Waals surface area contributed by atoms with Gasteiger partial charge in [0.1, 0.15) is 5.82 Å². The van der Waals surface area contributed by atoms with Crippen LogP contribution in [0.15, 0.2) is 6.07 Å². The van der Waals surface area contributed by atoms with Crippen LogP contribution in [0.3, 0.4) is 0 Å². The van der Waals surface area contributed by atoms with Crippen molar-refractivity contribution in [1.29, 1.82) is 0 Å². The summed E-state index contributed by atoms with van der Waals surface area (Å²) >= 11 is 1.89. The molecular formula is C12H22N4S. The molecule has 5 heteroatoms. The second-order valence-corrected chi connectivity index (χ2v) is 5.29. The minimum absolute atomic E-state index is 0.679. The van der Waals surface area contributed by atoms with E-state index in [1.54, 1.807) is 0 Å². The molecule has 1 aromatic rings. The highest BCUT2D eigenvalue weighted by molar-refractivity contribution is 7.99. The van der Waals surface area contributed by atoms with Gasteiger partial charge in [-0.3, -0.25) is 0 Å². The molecule has 0 saturated carbocycles. The van der Waals surface area contributed by atoms with Gasteiger partial charge in [0, 0.05) is 30.1 Å². The highest BCUT2D eigenvalue weighted by atomic mass is 32.2. The monoisotopic (exact) mass is 254 g/mol. The molecule has 0 amide bonds. The van der Waals surface area contributed by atoms with Gasteiger partial charge in [-0.05, 0) is 26.5 Å². The number of thioether (sulfide) groups is 1. The van der Waals surface area contributed by atoms with Crippen LogP contribution in [0.1, 0.15) is 26.0 Å². The van der Waals surface area contributed by atoms with E-state index in [2.05, 4.69) is 33.8 Å². The van der Waals surface area contributed by atoms with Gasteiger partial charge in [-0.1, -0.05) is 6.92 Å². The summed E-state index contributed by atoms with van der Waals surface area (Å²) in [6.07, 6.45) is 3.28. The highest BCUT2D eigenvalue weighted by Crippen LogP contribution is 2.12. The largest absolute Gasteiger partial charge is 0.370 e. The zero-order valence-corrected chi connectivity index (χ0v) is 11.9. The summed E-state index contributed by atoms with van der Waals surface area (Å²) in [6.45, 7) is 8.05. The van der Waals surface area contributed by atoms with Crippen molar-refractivity contribution in [3.05, 3.63) is 11.8 Å². The molecular weight excluding hydrogens is 232 g/mol. The van der Waals surface area contributed by atoms with Gasteiger partial charge >= 0.3 is 0 Å². The zero-order valence-electron chi connectivity index (χ0n) is 11.1. The van der Waals surface area contributed by atoms with Crippen LogP contribution < -0.4 is 10.6 Å². The molecule has 0 aliphatic heterocycles. The molecule has 96 valence electrons. The summed E-state index contributed by atoms with van der Waals surface area (Å²) in [5, 5.41) is 7.16. The lowest BCUT2D eigenvalue weighted by atomic mass is 10.3. The van der Waals surface area contributed by atoms with Crippen LogP contribution in [0.25, 0.3) is 0 Å². The molecule has 1 heterocycles. The Balaban J connectivity index is 2.52. The van der Waals surface area contributed by atoms with Crippen LogP contribution in [-0.4, -0.2) is 34.6 Å². The van der Waals surface area contributed by atoms with Crippen molar-refractivity contribution in [2.75, 3.05) is 30.0 Å². The van der Waals surface area contributed by atoms with Crippen LogP contribution in [-0.2, 0) is 0 Å². The minimum Gasteiger partial charge on any atom is -0.370 e. The fourth-order valence-corrected chi connectivity index (χ4v) is 1.77. The molecule has 0 bridgehead atoms. The number of aryl methyl sites for hydroxylation is 1. The topological polar surface area (TPSA) is 49.8 Å². The first-order valence-electron chi connectivity index (χ1n) is 6.02. The Kier molecular flexibility index (Phi) is 6.11. The van der Waals surface area contributed by atoms with Crippen LogP contribution in [0, 0.1) is 6.92 Å². The summed E-state index contributed by atoms with van der Waals surface area (Å²) in [4.78, 5) is 8.72. The smallest absolute Gasteiger partial charge is 0.224 e. The molecule has 4 nitrogen and oxygen atoms in total. The van der Waals surface area contributed by atoms with E-state index in [1.807, 2.05) is 31.7 Å². The first-order chi connectivity index (χ1) is 8.15. The van der Waals surface area contributed by atoms with E-state index in [1.165, 1.54) is 0 Å². The number of nitrogens with one attached hydrogen (secondary N) is 2. The molecule has 0 aliphatic carbocycles. The lowest BCUT2D eigenvalue weighted by Gasteiger charge is -2.11. The lowest BCUT2D eigenvalue weighted by Crippen LogP contribution is -2.11. The van der Waals surface area contributed by atoms with E-state index in [-0.39, 0.29) is 0 Å². The molecule has 1 rings (SSSR count). The lowest BCUT2D eigenvalue weighted by molar-refractivity contribution is 0.848. The van der Waals surface area contributed by atoms with Crippen molar-refractivity contribution in [3.63, 3.8) is 0 Å². The molecule has 1 atom stereocenters. The Morgan fingerprint density at radius 2 is 2.12 bits per heavy atom. The van der Waals surface area contributed by atoms with Gasteiger partial charge in [-0.15, -0.1) is 0 Å². The number of hydrogen-bond acceptors (Lipinski definition) is 5. The van der Waals surface area contributed by atoms with Crippen molar-refractivity contribution in [2.45, 2.75) is 32.4 Å². The van der Waals surface area contributed by atoms with E-state index in [9.17, 15) is 0 Å². The first kappa shape index (κ1) is 14.1. The quantitative estimate of drug-likeness (QED) is 0.783. The number of aromatic nitrogens is 2. The van der Waals surface area contributed by atoms with E-state index >= 15 is 0 Å². The normalized spacial score (nSPS) is 12.2. The van der Waals surface area contributed by atoms with Gasteiger partial charge in [-0.25, -0.2) is 4.98 Å². The summed E-state index contributed by atoms with van der Waals surface area (Å²) in [5.41, 5.74) is 0.983. The third kappa shape index (κ3) is 5.26. The third-order valence-corrected chi connectivity index (χ3v) is 3.49. The van der Waals surface area contributed by atoms with Crippen LogP contribution >= 0.6 is 11.8 Å². The van der Waals surface area contributed by atoms with Crippen molar-refractivity contribution >= 4 is 23.5 Å². The molecule has 0 fully saturated rings. The summed E-state index contributed by atoms with van der Waals surface area (Å²) in [6, 6.07) is 1.98. The average Bonchev–Trinajstić information content (AvgIpc) is 2.28. The number of hydrogen-bond donors (Lipinski definition) is 2. The first-order valence-corrected chi connectivity index (χ1v) is 7.30. The highest BCUT2D eigenvalue weighted by Gasteiger charge is 2.02. The van der Waals surface area contributed by atoms with Crippen LogP contribution in [0.2, 0.25) is 0 Å². The predicted molar refractivity (Wildman–Crippen MR) is 77.0 cm³/mol. The van der Waals surface area contributed by atoms with Crippen molar-refractivity contribution in [3.8, 4) is 0 Å². The predicted octanol–water partition coefficient (Wildman–Crippen LogP) is 2.77. The van der Waals surface area contributed by atoms with E-state index < -0.39 is 0 Å². The van der Waals surface area contributed by atoms with Gasteiger partial charge in [0.15, 0.2) is 0 Å². The molecule has 17 heavy (non-hydrogen) atoms. The number of rotatable bonds is 7. The Morgan fingerprint density at radius 1 is 1.35 bits per heavy atom. The van der Waals surface area contributed by atoms with E-state index in [0.717, 1.165) is 31.0 Å². The fraction of sp³-hybridized carbons (Fsp3) is 0.667. The van der Waals surface area contributed by atoms with Crippen molar-refractivity contribution < 1.29 is 0 Å². The third-order valence-electron chi connectivity index (χ3n) is 2.45. The van der Waals surface area contributed by atoms with Crippen LogP contribution in [0.4, 0.5) is 11.8 Å². The molecule has 0 spiro atoms. The fourth-order valence-electron chi connectivity index (χ4n) is 1.42. The Bertz CT molecular complexity index is 343. The van der Waals surface area contributed by atoms with Gasteiger partial charge in [-0.2, -0.15) is 16.7 Å². The molecule has 0 radical (unpaired) electrons. The van der Waals surface area contributed by atoms with Gasteiger partial charge in [0.25, 0.3) is 0 Å². The second kappa shape index (κ2) is 7.37. The zero-order chi connectivity index (χ0) is 12.7. The number of nitrogens with zero attached hydrogens (tertiary/aromatic N) is 2. The van der Waals surface area contributed by atoms with Crippen molar-refractivity contribution in [1.82, 2.24) is 9.97 Å². The van der Waals surface area contributed by atoms with Crippen molar-refractivity contribution in [2.24, 2.45) is 0 Å². The summed E-state index contributed by atoms with van der Waals surface area (Å²) in [7, 11) is 0. The van der Waals surface area contributed by atoms with E-state index in [4.69, 9.17) is 0 Å². The van der Waals surface area contributed by atoms with Gasteiger partial charge in [0.2, 0.25) is 5.95 Å². The maximum atomic E-state index is 4.41. The summed E-state index contributed by atoms with van der Waals surface area (Å²) in [5.74, 6) is 1.61. The maximum Gasteiger partial charge on any atom is 0.224 e. The molecule has 0 saturated heterocycles. The standard InChI is InChI=1S/C12H22N4S/c1-5-13-12-15-9(2)8-11(16-12)14-7-6-10(3)17-4/h8,10H,5-7H2,1-4H3,(H2,13,14,15,16). The minimum atomic E-state index is 0.679. The van der Waals surface area contributed by atoms with E-state index in [0.29, 0.717) is 11.2 Å². The average molecular weight is 254 g/mol. The number of anilines is 2. The Labute approximate surface area is 108 Å². The molecule has 1 aromatic heterocycles. The van der Waals surface area contributed by atoms with Gasteiger partial charge < -0.3 is 10.6 Å². The SMILES string of the molecule is CCNc1nc(C)cc(NCCC(C)SC)n1. The second-order valence-electron chi connectivity index (χ2n) is 4.01. The molecule has 0 aliphatic rings. The molecule has 0 aromatic carbocycles. The summed E-state index contributed by atoms with van der Waals surface area (Å²) < 4.78 is 0. The van der Waals surface area contributed by atoms with Crippen LogP contribution in [0.5, 0.6) is 0 Å².